The number of ether oxygens (including phenoxy) is 3. The number of aliphatic hydroxyl groups is 1. The van der Waals surface area contributed by atoms with E-state index in [0.717, 1.165) is 31.5 Å². The van der Waals surface area contributed by atoms with Crippen LogP contribution < -0.4 is 14.8 Å². The van der Waals surface area contributed by atoms with Crippen LogP contribution in [0, 0.1) is 5.41 Å². The van der Waals surface area contributed by atoms with E-state index in [9.17, 15) is 9.90 Å². The molecule has 0 aromatic heterocycles. The maximum atomic E-state index is 13.4. The fraction of sp³-hybridized carbons (Fsp3) is 0.632. The molecule has 2 aliphatic heterocycles. The first-order valence-electron chi connectivity index (χ1n) is 8.97. The summed E-state index contributed by atoms with van der Waals surface area (Å²) in [6.45, 7) is 2.61. The molecule has 152 valence electrons. The van der Waals surface area contributed by atoms with E-state index in [1.807, 2.05) is 6.07 Å². The van der Waals surface area contributed by atoms with Crippen molar-refractivity contribution < 1.29 is 24.1 Å². The molecule has 1 unspecified atom stereocenters. The second kappa shape index (κ2) is 9.10. The van der Waals surface area contributed by atoms with Gasteiger partial charge in [-0.25, -0.2) is 0 Å². The number of fused-ring (bicyclic) bond motifs is 1. The Morgan fingerprint density at radius 3 is 2.44 bits per heavy atom. The molecular weight excluding hydrogens is 372 g/mol. The summed E-state index contributed by atoms with van der Waals surface area (Å²) < 4.78 is 16.3. The zero-order valence-electron chi connectivity index (χ0n) is 16.1. The van der Waals surface area contributed by atoms with Crippen LogP contribution >= 0.6 is 12.4 Å². The maximum absolute atomic E-state index is 13.4. The van der Waals surface area contributed by atoms with Crippen LogP contribution in [-0.4, -0.2) is 63.5 Å². The molecule has 1 aromatic rings. The number of halogens is 1. The number of carbonyl (C=O) groups is 1. The summed E-state index contributed by atoms with van der Waals surface area (Å²) in [5.41, 5.74) is 0.978. The van der Waals surface area contributed by atoms with Crippen LogP contribution in [-0.2, 0) is 16.1 Å². The minimum Gasteiger partial charge on any atom is -0.496 e. The summed E-state index contributed by atoms with van der Waals surface area (Å²) in [6.07, 6.45) is 0.650. The van der Waals surface area contributed by atoms with Crippen molar-refractivity contribution in [3.8, 4) is 11.5 Å². The second-order valence-electron chi connectivity index (χ2n) is 7.03. The summed E-state index contributed by atoms with van der Waals surface area (Å²) in [4.78, 5) is 15.1. The van der Waals surface area contributed by atoms with Crippen LogP contribution in [0.15, 0.2) is 12.1 Å². The highest BCUT2D eigenvalue weighted by molar-refractivity contribution is 5.85. The average molecular weight is 401 g/mol. The molecule has 0 spiro atoms. The molecule has 8 heteroatoms. The number of β-amino-alcohol motifs (C(OH)–C–C–N with tert-alkyl or cyclic N) is 1. The Morgan fingerprint density at radius 1 is 1.22 bits per heavy atom. The number of nitrogens with zero attached hydrogens (tertiary/aromatic N) is 1. The van der Waals surface area contributed by atoms with Crippen molar-refractivity contribution in [3.63, 3.8) is 0 Å². The zero-order valence-corrected chi connectivity index (χ0v) is 16.9. The molecular formula is C19H29ClN2O5. The highest BCUT2D eigenvalue weighted by Crippen LogP contribution is 2.41. The quantitative estimate of drug-likeness (QED) is 0.780. The van der Waals surface area contributed by atoms with E-state index in [2.05, 4.69) is 5.32 Å². The molecule has 27 heavy (non-hydrogen) atoms. The van der Waals surface area contributed by atoms with Gasteiger partial charge >= 0.3 is 0 Å². The third-order valence-corrected chi connectivity index (χ3v) is 5.51. The first-order chi connectivity index (χ1) is 12.6. The van der Waals surface area contributed by atoms with Crippen molar-refractivity contribution in [1.29, 1.82) is 0 Å². The summed E-state index contributed by atoms with van der Waals surface area (Å²) in [5, 5.41) is 14.1. The summed E-state index contributed by atoms with van der Waals surface area (Å²) in [5.74, 6) is 1.31. The lowest BCUT2D eigenvalue weighted by Gasteiger charge is -2.42. The average Bonchev–Trinajstić information content (AvgIpc) is 2.67. The van der Waals surface area contributed by atoms with E-state index in [4.69, 9.17) is 14.2 Å². The van der Waals surface area contributed by atoms with E-state index in [1.165, 1.54) is 0 Å². The van der Waals surface area contributed by atoms with Crippen molar-refractivity contribution in [2.45, 2.75) is 25.5 Å². The number of nitrogens with one attached hydrogen (secondary N) is 1. The van der Waals surface area contributed by atoms with Crippen molar-refractivity contribution in [2.24, 2.45) is 5.41 Å². The van der Waals surface area contributed by atoms with Gasteiger partial charge in [0.05, 0.1) is 32.8 Å². The first kappa shape index (κ1) is 21.8. The highest BCUT2D eigenvalue weighted by atomic mass is 35.5. The molecule has 1 atom stereocenters. The van der Waals surface area contributed by atoms with Crippen LogP contribution in [0.2, 0.25) is 0 Å². The van der Waals surface area contributed by atoms with Gasteiger partial charge in [-0.2, -0.15) is 0 Å². The molecule has 2 N–H and O–H groups in total. The Bertz CT molecular complexity index is 658. The van der Waals surface area contributed by atoms with Crippen molar-refractivity contribution in [2.75, 3.05) is 47.6 Å². The number of carbonyl (C=O) groups excluding carboxylic acids is 1. The minimum atomic E-state index is -0.811. The fourth-order valence-corrected chi connectivity index (χ4v) is 4.17. The Balaban J connectivity index is 0.00000261. The third-order valence-electron chi connectivity index (χ3n) is 5.51. The summed E-state index contributed by atoms with van der Waals surface area (Å²) >= 11 is 0. The lowest BCUT2D eigenvalue weighted by molar-refractivity contribution is -0.150. The molecule has 0 radical (unpaired) electrons. The molecule has 2 aliphatic rings. The molecule has 1 fully saturated rings. The maximum Gasteiger partial charge on any atom is 0.231 e. The smallest absolute Gasteiger partial charge is 0.231 e. The standard InChI is InChI=1S/C19H28N2O5.ClH/c1-24-12-19(6-8-20-9-7-19)18(23)21-10-13-15(25-2)4-5-16(26-3)17(13)14(22)11-21;/h4-5,14,20,22H,6-12H2,1-3H3;1H. The van der Waals surface area contributed by atoms with Crippen LogP contribution in [0.4, 0.5) is 0 Å². The topological polar surface area (TPSA) is 80.3 Å². The number of hydrogen-bond donors (Lipinski definition) is 2. The van der Waals surface area contributed by atoms with Crippen LogP contribution in [0.3, 0.4) is 0 Å². The number of hydrogen-bond acceptors (Lipinski definition) is 6. The van der Waals surface area contributed by atoms with Crippen molar-refractivity contribution in [1.82, 2.24) is 10.2 Å². The summed E-state index contributed by atoms with van der Waals surface area (Å²) in [6, 6.07) is 3.60. The van der Waals surface area contributed by atoms with Gasteiger partial charge in [0.1, 0.15) is 17.6 Å². The normalized spacial score (nSPS) is 21.0. The van der Waals surface area contributed by atoms with Gasteiger partial charge in [0.15, 0.2) is 0 Å². The Kier molecular flexibility index (Phi) is 7.33. The van der Waals surface area contributed by atoms with E-state index < -0.39 is 11.5 Å². The number of methoxy groups -OCH3 is 3. The van der Waals surface area contributed by atoms with E-state index in [-0.39, 0.29) is 24.9 Å². The second-order valence-corrected chi connectivity index (χ2v) is 7.03. The summed E-state index contributed by atoms with van der Waals surface area (Å²) in [7, 11) is 4.80. The van der Waals surface area contributed by atoms with Gasteiger partial charge in [-0.05, 0) is 38.1 Å². The van der Waals surface area contributed by atoms with Gasteiger partial charge in [0, 0.05) is 24.8 Å². The van der Waals surface area contributed by atoms with Gasteiger partial charge in [0.25, 0.3) is 0 Å². The zero-order chi connectivity index (χ0) is 18.7. The predicted octanol–water partition coefficient (Wildman–Crippen LogP) is 1.52. The number of amides is 1. The van der Waals surface area contributed by atoms with Gasteiger partial charge in [-0.3, -0.25) is 4.79 Å². The monoisotopic (exact) mass is 400 g/mol. The molecule has 0 saturated carbocycles. The Labute approximate surface area is 166 Å². The lowest BCUT2D eigenvalue weighted by Crippen LogP contribution is -2.53. The first-order valence-corrected chi connectivity index (χ1v) is 8.97. The van der Waals surface area contributed by atoms with Crippen molar-refractivity contribution >= 4 is 18.3 Å². The van der Waals surface area contributed by atoms with Crippen LogP contribution in [0.1, 0.15) is 30.1 Å². The molecule has 2 heterocycles. The predicted molar refractivity (Wildman–Crippen MR) is 104 cm³/mol. The highest BCUT2D eigenvalue weighted by Gasteiger charge is 2.44. The van der Waals surface area contributed by atoms with Crippen molar-refractivity contribution in [3.05, 3.63) is 23.3 Å². The van der Waals surface area contributed by atoms with Gasteiger partial charge in [0.2, 0.25) is 5.91 Å². The van der Waals surface area contributed by atoms with Crippen LogP contribution in [0.25, 0.3) is 0 Å². The third kappa shape index (κ3) is 4.01. The lowest BCUT2D eigenvalue weighted by atomic mass is 9.77. The Morgan fingerprint density at radius 2 is 1.85 bits per heavy atom. The number of benzene rings is 1. The molecule has 0 bridgehead atoms. The number of piperidine rings is 1. The van der Waals surface area contributed by atoms with Gasteiger partial charge in [-0.1, -0.05) is 0 Å². The number of rotatable bonds is 5. The van der Waals surface area contributed by atoms with Gasteiger partial charge < -0.3 is 29.5 Å². The number of aliphatic hydroxyl groups excluding tert-OH is 1. The fourth-order valence-electron chi connectivity index (χ4n) is 4.17. The Hall–Kier alpha value is -1.54. The van der Waals surface area contributed by atoms with E-state index in [0.29, 0.717) is 30.2 Å². The van der Waals surface area contributed by atoms with E-state index >= 15 is 0 Å². The molecule has 1 saturated heterocycles. The van der Waals surface area contributed by atoms with Gasteiger partial charge in [-0.15, -0.1) is 12.4 Å². The molecule has 7 nitrogen and oxygen atoms in total. The van der Waals surface area contributed by atoms with E-state index in [1.54, 1.807) is 32.3 Å². The molecule has 1 aromatic carbocycles. The van der Waals surface area contributed by atoms with Crippen LogP contribution in [0.5, 0.6) is 11.5 Å². The molecule has 0 aliphatic carbocycles. The molecule has 3 rings (SSSR count). The minimum absolute atomic E-state index is 0. The SMILES string of the molecule is COCC1(C(=O)N2Cc3c(OC)ccc(OC)c3C(O)C2)CCNCC1.Cl. The largest absolute Gasteiger partial charge is 0.496 e. The molecule has 1 amide bonds.